The van der Waals surface area contributed by atoms with E-state index < -0.39 is 0 Å². The summed E-state index contributed by atoms with van der Waals surface area (Å²) in [5, 5.41) is 3.29. The van der Waals surface area contributed by atoms with Gasteiger partial charge in [-0.2, -0.15) is 0 Å². The summed E-state index contributed by atoms with van der Waals surface area (Å²) in [6, 6.07) is 7.89. The average molecular weight is 315 g/mol. The predicted molar refractivity (Wildman–Crippen MR) is 83.9 cm³/mol. The molecule has 1 heterocycles. The van der Waals surface area contributed by atoms with E-state index in [1.807, 2.05) is 12.1 Å². The Morgan fingerprint density at radius 1 is 1.26 bits per heavy atom. The molecule has 0 bridgehead atoms. The number of aryl methyl sites for hydroxylation is 1. The first kappa shape index (κ1) is 14.8. The van der Waals surface area contributed by atoms with Gasteiger partial charge in [-0.1, -0.05) is 42.3 Å². The van der Waals surface area contributed by atoms with E-state index in [4.69, 9.17) is 29.0 Å². The minimum absolute atomic E-state index is 0.0610. The maximum absolute atomic E-state index is 6.23. The fraction of sp³-hybridized carbons (Fsp3) is 0.286. The number of hydrogen-bond donors (Lipinski definition) is 2. The highest BCUT2D eigenvalue weighted by atomic mass is 35.5. The molecule has 0 aliphatic carbocycles. The van der Waals surface area contributed by atoms with Crippen molar-refractivity contribution >= 4 is 34.5 Å². The summed E-state index contributed by atoms with van der Waals surface area (Å²) in [6.07, 6.45) is 1.73. The number of halogens is 2. The number of hydrazine groups is 1. The van der Waals surface area contributed by atoms with Crippen LogP contribution in [0.3, 0.4) is 0 Å². The largest absolute Gasteiger partial charge is 0.271 e. The Balaban J connectivity index is 2.27. The molecule has 0 aliphatic heterocycles. The summed E-state index contributed by atoms with van der Waals surface area (Å²) < 4.78 is 0. The van der Waals surface area contributed by atoms with Crippen LogP contribution >= 0.6 is 34.5 Å². The molecule has 3 N–H and O–H groups in total. The van der Waals surface area contributed by atoms with Gasteiger partial charge in [-0.15, -0.1) is 11.3 Å². The fourth-order valence-corrected chi connectivity index (χ4v) is 3.55. The van der Waals surface area contributed by atoms with Crippen LogP contribution in [-0.2, 0) is 12.8 Å². The number of nitrogens with one attached hydrogen (secondary N) is 1. The third-order valence-electron chi connectivity index (χ3n) is 3.13. The monoisotopic (exact) mass is 314 g/mol. The lowest BCUT2D eigenvalue weighted by Gasteiger charge is -2.17. The minimum Gasteiger partial charge on any atom is -0.271 e. The summed E-state index contributed by atoms with van der Waals surface area (Å²) in [5.41, 5.74) is 5.22. The highest BCUT2D eigenvalue weighted by Crippen LogP contribution is 2.32. The molecule has 102 valence electrons. The van der Waals surface area contributed by atoms with Crippen LogP contribution in [-0.4, -0.2) is 0 Å². The summed E-state index contributed by atoms with van der Waals surface area (Å²) in [6.45, 7) is 2.14. The number of hydrogen-bond acceptors (Lipinski definition) is 3. The van der Waals surface area contributed by atoms with E-state index in [1.54, 1.807) is 17.4 Å². The molecule has 0 fully saturated rings. The lowest BCUT2D eigenvalue weighted by Crippen LogP contribution is -2.29. The van der Waals surface area contributed by atoms with Gasteiger partial charge in [-0.25, -0.2) is 0 Å². The average Bonchev–Trinajstić information content (AvgIpc) is 2.88. The molecule has 19 heavy (non-hydrogen) atoms. The quantitative estimate of drug-likeness (QED) is 0.635. The third kappa shape index (κ3) is 3.30. The SMILES string of the molecule is CCc1ccsc1C(Cc1cccc(Cl)c1Cl)NN. The van der Waals surface area contributed by atoms with E-state index in [-0.39, 0.29) is 6.04 Å². The van der Waals surface area contributed by atoms with E-state index in [1.165, 1.54) is 10.4 Å². The van der Waals surface area contributed by atoms with Crippen molar-refractivity contribution in [1.82, 2.24) is 5.43 Å². The van der Waals surface area contributed by atoms with Crippen molar-refractivity contribution in [2.45, 2.75) is 25.8 Å². The van der Waals surface area contributed by atoms with E-state index in [9.17, 15) is 0 Å². The third-order valence-corrected chi connectivity index (χ3v) is 5.07. The highest BCUT2D eigenvalue weighted by Gasteiger charge is 2.17. The van der Waals surface area contributed by atoms with Gasteiger partial charge < -0.3 is 0 Å². The smallest absolute Gasteiger partial charge is 0.0625 e. The van der Waals surface area contributed by atoms with Crippen molar-refractivity contribution in [3.8, 4) is 0 Å². The van der Waals surface area contributed by atoms with Crippen LogP contribution in [0.15, 0.2) is 29.6 Å². The van der Waals surface area contributed by atoms with Gasteiger partial charge in [-0.05, 0) is 41.5 Å². The second kappa shape index (κ2) is 6.73. The molecule has 0 radical (unpaired) electrons. The topological polar surface area (TPSA) is 38.0 Å². The molecule has 5 heteroatoms. The Hall–Kier alpha value is -0.580. The van der Waals surface area contributed by atoms with Gasteiger partial charge in [0.2, 0.25) is 0 Å². The van der Waals surface area contributed by atoms with Crippen molar-refractivity contribution in [3.05, 3.63) is 55.7 Å². The zero-order chi connectivity index (χ0) is 13.8. The van der Waals surface area contributed by atoms with Crippen LogP contribution in [0.25, 0.3) is 0 Å². The molecule has 0 spiro atoms. The number of nitrogens with two attached hydrogens (primary N) is 1. The summed E-state index contributed by atoms with van der Waals surface area (Å²) in [4.78, 5) is 1.26. The molecule has 2 rings (SSSR count). The molecule has 1 aromatic carbocycles. The lowest BCUT2D eigenvalue weighted by molar-refractivity contribution is 0.557. The maximum Gasteiger partial charge on any atom is 0.0625 e. The van der Waals surface area contributed by atoms with Crippen molar-refractivity contribution < 1.29 is 0 Å². The second-order valence-electron chi connectivity index (χ2n) is 4.30. The molecular weight excluding hydrogens is 299 g/mol. The van der Waals surface area contributed by atoms with Crippen molar-refractivity contribution in [2.75, 3.05) is 0 Å². The van der Waals surface area contributed by atoms with Crippen LogP contribution in [0.5, 0.6) is 0 Å². The molecule has 0 saturated carbocycles. The Morgan fingerprint density at radius 3 is 2.74 bits per heavy atom. The molecule has 1 atom stereocenters. The molecule has 2 nitrogen and oxygen atoms in total. The van der Waals surface area contributed by atoms with Gasteiger partial charge in [0.25, 0.3) is 0 Å². The van der Waals surface area contributed by atoms with Gasteiger partial charge in [-0.3, -0.25) is 11.3 Å². The Morgan fingerprint density at radius 2 is 2.05 bits per heavy atom. The van der Waals surface area contributed by atoms with E-state index >= 15 is 0 Å². The lowest BCUT2D eigenvalue weighted by atomic mass is 10.0. The van der Waals surface area contributed by atoms with E-state index in [0.29, 0.717) is 10.0 Å². The number of benzene rings is 1. The first-order chi connectivity index (χ1) is 9.17. The molecule has 0 aliphatic rings. The van der Waals surface area contributed by atoms with Crippen LogP contribution < -0.4 is 11.3 Å². The molecule has 0 saturated heterocycles. The van der Waals surface area contributed by atoms with Crippen molar-refractivity contribution in [2.24, 2.45) is 5.84 Å². The molecule has 0 amide bonds. The zero-order valence-corrected chi connectivity index (χ0v) is 12.9. The highest BCUT2D eigenvalue weighted by molar-refractivity contribution is 7.10. The van der Waals surface area contributed by atoms with Gasteiger partial charge in [0.15, 0.2) is 0 Å². The Bertz CT molecular complexity index is 554. The summed E-state index contributed by atoms with van der Waals surface area (Å²) in [7, 11) is 0. The molecule has 1 unspecified atom stereocenters. The number of rotatable bonds is 5. The van der Waals surface area contributed by atoms with Gasteiger partial charge in [0.1, 0.15) is 0 Å². The first-order valence-corrected chi connectivity index (χ1v) is 7.76. The van der Waals surface area contributed by atoms with Crippen LogP contribution in [0.2, 0.25) is 10.0 Å². The first-order valence-electron chi connectivity index (χ1n) is 6.12. The van der Waals surface area contributed by atoms with Crippen LogP contribution in [0.1, 0.15) is 29.0 Å². The summed E-state index contributed by atoms with van der Waals surface area (Å²) >= 11 is 14.0. The Labute approximate surface area is 127 Å². The summed E-state index contributed by atoms with van der Waals surface area (Å²) in [5.74, 6) is 5.70. The zero-order valence-electron chi connectivity index (χ0n) is 10.6. The van der Waals surface area contributed by atoms with Gasteiger partial charge in [0, 0.05) is 4.88 Å². The molecular formula is C14H16Cl2N2S. The molecule has 1 aromatic heterocycles. The van der Waals surface area contributed by atoms with Crippen LogP contribution in [0, 0.1) is 0 Å². The van der Waals surface area contributed by atoms with E-state index in [0.717, 1.165) is 18.4 Å². The predicted octanol–water partition coefficient (Wildman–Crippen LogP) is 4.36. The second-order valence-corrected chi connectivity index (χ2v) is 6.03. The van der Waals surface area contributed by atoms with Gasteiger partial charge >= 0.3 is 0 Å². The van der Waals surface area contributed by atoms with Crippen molar-refractivity contribution in [3.63, 3.8) is 0 Å². The number of thiophene rings is 1. The Kier molecular flexibility index (Phi) is 5.25. The van der Waals surface area contributed by atoms with Crippen LogP contribution in [0.4, 0.5) is 0 Å². The normalized spacial score (nSPS) is 12.6. The van der Waals surface area contributed by atoms with Gasteiger partial charge in [0.05, 0.1) is 16.1 Å². The van der Waals surface area contributed by atoms with Crippen molar-refractivity contribution in [1.29, 1.82) is 0 Å². The molecule has 2 aromatic rings. The van der Waals surface area contributed by atoms with E-state index in [2.05, 4.69) is 23.8 Å². The minimum atomic E-state index is 0.0610. The fourth-order valence-electron chi connectivity index (χ4n) is 2.10. The standard InChI is InChI=1S/C14H16Cl2N2S/c1-2-9-6-7-19-14(9)12(18-17)8-10-4-3-5-11(15)13(10)16/h3-7,12,18H,2,8,17H2,1H3. The maximum atomic E-state index is 6.23.